The highest BCUT2D eigenvalue weighted by Crippen LogP contribution is 2.26. The van der Waals surface area contributed by atoms with E-state index in [1.54, 1.807) is 18.2 Å². The molecule has 2 rings (SSSR count). The van der Waals surface area contributed by atoms with Gasteiger partial charge in [-0.05, 0) is 25.1 Å². The molecular formula is C13H12N2O2. The predicted octanol–water partition coefficient (Wildman–Crippen LogP) is 3.65. The lowest BCUT2D eigenvalue weighted by atomic mass is 10.2. The number of benzene rings is 2. The Morgan fingerprint density at radius 2 is 1.71 bits per heavy atom. The molecule has 0 unspecified atom stereocenters. The minimum atomic E-state index is -0.392. The largest absolute Gasteiger partial charge is 0.350 e. The number of hydrogen-bond acceptors (Lipinski definition) is 3. The summed E-state index contributed by atoms with van der Waals surface area (Å²) in [6.45, 7) is 1.99. The monoisotopic (exact) mass is 228 g/mol. The number of nitrogens with zero attached hydrogens (tertiary/aromatic N) is 1. The summed E-state index contributed by atoms with van der Waals surface area (Å²) < 4.78 is 0. The maximum absolute atomic E-state index is 10.8. The molecule has 0 spiro atoms. The van der Waals surface area contributed by atoms with Gasteiger partial charge in [-0.25, -0.2) is 0 Å². The Hall–Kier alpha value is -2.36. The first-order valence-electron chi connectivity index (χ1n) is 5.24. The number of hydrogen-bond donors (Lipinski definition) is 1. The van der Waals surface area contributed by atoms with Gasteiger partial charge in [0.25, 0.3) is 5.69 Å². The summed E-state index contributed by atoms with van der Waals surface area (Å²) in [7, 11) is 0. The first-order chi connectivity index (χ1) is 8.16. The number of nitro groups is 1. The number of nitro benzene ring substituents is 1. The molecule has 0 saturated heterocycles. The Kier molecular flexibility index (Phi) is 3.05. The maximum atomic E-state index is 10.8. The molecule has 0 atom stereocenters. The second kappa shape index (κ2) is 4.65. The zero-order valence-electron chi connectivity index (χ0n) is 9.38. The Morgan fingerprint density at radius 3 is 2.35 bits per heavy atom. The molecule has 0 aliphatic heterocycles. The highest BCUT2D eigenvalue weighted by atomic mass is 16.6. The molecule has 2 aromatic rings. The van der Waals surface area contributed by atoms with Crippen LogP contribution in [0, 0.1) is 17.0 Å². The molecule has 0 fully saturated rings. The van der Waals surface area contributed by atoms with E-state index in [2.05, 4.69) is 5.32 Å². The lowest BCUT2D eigenvalue weighted by Crippen LogP contribution is -1.96. The fourth-order valence-corrected chi connectivity index (χ4v) is 1.53. The second-order valence-electron chi connectivity index (χ2n) is 3.77. The summed E-state index contributed by atoms with van der Waals surface area (Å²) >= 11 is 0. The Bertz CT molecular complexity index is 535. The van der Waals surface area contributed by atoms with Crippen LogP contribution in [0.15, 0.2) is 48.5 Å². The van der Waals surface area contributed by atoms with Crippen molar-refractivity contribution in [1.82, 2.24) is 0 Å². The summed E-state index contributed by atoms with van der Waals surface area (Å²) in [5.74, 6) is 0. The SMILES string of the molecule is Cc1ccc(Nc2ccccc2[N+](=O)[O-])cc1. The first kappa shape index (κ1) is 11.1. The molecule has 0 bridgehead atoms. The highest BCUT2D eigenvalue weighted by molar-refractivity contribution is 5.69. The van der Waals surface area contributed by atoms with Crippen LogP contribution in [0.4, 0.5) is 17.1 Å². The molecule has 17 heavy (non-hydrogen) atoms. The van der Waals surface area contributed by atoms with Gasteiger partial charge in [-0.3, -0.25) is 10.1 Å². The molecule has 0 radical (unpaired) electrons. The summed E-state index contributed by atoms with van der Waals surface area (Å²) in [5.41, 5.74) is 2.57. The zero-order chi connectivity index (χ0) is 12.3. The predicted molar refractivity (Wildman–Crippen MR) is 67.6 cm³/mol. The van der Waals surface area contributed by atoms with Gasteiger partial charge in [-0.15, -0.1) is 0 Å². The molecule has 1 N–H and O–H groups in total. The fraction of sp³-hybridized carbons (Fsp3) is 0.0769. The average molecular weight is 228 g/mol. The van der Waals surface area contributed by atoms with Gasteiger partial charge in [0.2, 0.25) is 0 Å². The van der Waals surface area contributed by atoms with Crippen molar-refractivity contribution in [3.63, 3.8) is 0 Å². The standard InChI is InChI=1S/C13H12N2O2/c1-10-6-8-11(9-7-10)14-12-4-2-3-5-13(12)15(16)17/h2-9,14H,1H3. The van der Waals surface area contributed by atoms with E-state index in [1.165, 1.54) is 6.07 Å². The Balaban J connectivity index is 2.30. The summed E-state index contributed by atoms with van der Waals surface area (Å²) in [6.07, 6.45) is 0. The highest BCUT2D eigenvalue weighted by Gasteiger charge is 2.11. The third kappa shape index (κ3) is 2.60. The first-order valence-corrected chi connectivity index (χ1v) is 5.24. The van der Waals surface area contributed by atoms with E-state index in [1.807, 2.05) is 31.2 Å². The van der Waals surface area contributed by atoms with E-state index in [0.717, 1.165) is 11.3 Å². The topological polar surface area (TPSA) is 55.2 Å². The van der Waals surface area contributed by atoms with E-state index >= 15 is 0 Å². The third-order valence-electron chi connectivity index (χ3n) is 2.43. The van der Waals surface area contributed by atoms with Crippen LogP contribution in [0.3, 0.4) is 0 Å². The van der Waals surface area contributed by atoms with Crippen molar-refractivity contribution < 1.29 is 4.92 Å². The normalized spacial score (nSPS) is 9.94. The molecule has 2 aromatic carbocycles. The molecule has 4 heteroatoms. The molecule has 86 valence electrons. The van der Waals surface area contributed by atoms with E-state index in [9.17, 15) is 10.1 Å². The minimum absolute atomic E-state index is 0.0769. The second-order valence-corrected chi connectivity index (χ2v) is 3.77. The fourth-order valence-electron chi connectivity index (χ4n) is 1.53. The Morgan fingerprint density at radius 1 is 1.06 bits per heavy atom. The van der Waals surface area contributed by atoms with E-state index in [4.69, 9.17) is 0 Å². The lowest BCUT2D eigenvalue weighted by molar-refractivity contribution is -0.383. The van der Waals surface area contributed by atoms with Crippen LogP contribution in [0.25, 0.3) is 0 Å². The van der Waals surface area contributed by atoms with Gasteiger partial charge < -0.3 is 5.32 Å². The molecule has 0 heterocycles. The van der Waals surface area contributed by atoms with Crippen molar-refractivity contribution in [3.8, 4) is 0 Å². The van der Waals surface area contributed by atoms with Gasteiger partial charge in [0, 0.05) is 11.8 Å². The molecule has 0 aromatic heterocycles. The summed E-state index contributed by atoms with van der Waals surface area (Å²) in [6, 6.07) is 14.3. The van der Waals surface area contributed by atoms with Gasteiger partial charge in [-0.1, -0.05) is 29.8 Å². The van der Waals surface area contributed by atoms with Crippen LogP contribution in [-0.4, -0.2) is 4.92 Å². The van der Waals surface area contributed by atoms with Crippen LogP contribution in [0.1, 0.15) is 5.56 Å². The zero-order valence-corrected chi connectivity index (χ0v) is 9.38. The quantitative estimate of drug-likeness (QED) is 0.644. The van der Waals surface area contributed by atoms with E-state index < -0.39 is 4.92 Å². The van der Waals surface area contributed by atoms with Crippen molar-refractivity contribution in [2.24, 2.45) is 0 Å². The van der Waals surface area contributed by atoms with Gasteiger partial charge in [-0.2, -0.15) is 0 Å². The minimum Gasteiger partial charge on any atom is -0.350 e. The van der Waals surface area contributed by atoms with E-state index in [0.29, 0.717) is 5.69 Å². The van der Waals surface area contributed by atoms with Gasteiger partial charge >= 0.3 is 0 Å². The van der Waals surface area contributed by atoms with Crippen LogP contribution in [0.5, 0.6) is 0 Å². The third-order valence-corrected chi connectivity index (χ3v) is 2.43. The number of nitrogens with one attached hydrogen (secondary N) is 1. The molecular weight excluding hydrogens is 216 g/mol. The van der Waals surface area contributed by atoms with Crippen molar-refractivity contribution in [1.29, 1.82) is 0 Å². The van der Waals surface area contributed by atoms with Crippen molar-refractivity contribution in [3.05, 3.63) is 64.2 Å². The van der Waals surface area contributed by atoms with Gasteiger partial charge in [0.15, 0.2) is 0 Å². The van der Waals surface area contributed by atoms with Crippen molar-refractivity contribution >= 4 is 17.1 Å². The number of aryl methyl sites for hydroxylation is 1. The van der Waals surface area contributed by atoms with Crippen LogP contribution in [0.2, 0.25) is 0 Å². The number of para-hydroxylation sites is 2. The molecule has 0 aliphatic carbocycles. The number of anilines is 2. The number of rotatable bonds is 3. The average Bonchev–Trinajstić information content (AvgIpc) is 2.32. The van der Waals surface area contributed by atoms with Crippen molar-refractivity contribution in [2.75, 3.05) is 5.32 Å². The van der Waals surface area contributed by atoms with Crippen LogP contribution >= 0.6 is 0 Å². The molecule has 0 saturated carbocycles. The van der Waals surface area contributed by atoms with Crippen LogP contribution < -0.4 is 5.32 Å². The molecule has 0 amide bonds. The Labute approximate surface area is 99.1 Å². The van der Waals surface area contributed by atoms with E-state index in [-0.39, 0.29) is 5.69 Å². The molecule has 0 aliphatic rings. The van der Waals surface area contributed by atoms with Gasteiger partial charge in [0.1, 0.15) is 5.69 Å². The van der Waals surface area contributed by atoms with Gasteiger partial charge in [0.05, 0.1) is 4.92 Å². The maximum Gasteiger partial charge on any atom is 0.292 e. The summed E-state index contributed by atoms with van der Waals surface area (Å²) in [5, 5.41) is 13.9. The molecule has 4 nitrogen and oxygen atoms in total. The van der Waals surface area contributed by atoms with Crippen molar-refractivity contribution in [2.45, 2.75) is 6.92 Å². The van der Waals surface area contributed by atoms with Crippen LogP contribution in [-0.2, 0) is 0 Å². The lowest BCUT2D eigenvalue weighted by Gasteiger charge is -2.06. The smallest absolute Gasteiger partial charge is 0.292 e. The summed E-state index contributed by atoms with van der Waals surface area (Å²) in [4.78, 5) is 10.4.